The Labute approximate surface area is 120 Å². The third-order valence-electron chi connectivity index (χ3n) is 2.69. The lowest BCUT2D eigenvalue weighted by atomic mass is 10.2. The number of hydrogen-bond acceptors (Lipinski definition) is 3. The number of carbonyl (C=O) groups is 1. The number of nitriles is 1. The van der Waals surface area contributed by atoms with Crippen LogP contribution >= 0.6 is 0 Å². The fourth-order valence-corrected chi connectivity index (χ4v) is 1.69. The van der Waals surface area contributed by atoms with E-state index in [0.29, 0.717) is 11.3 Å². The van der Waals surface area contributed by atoms with Gasteiger partial charge in [0.25, 0.3) is 0 Å². The first-order valence-corrected chi connectivity index (χ1v) is 6.08. The third kappa shape index (κ3) is 3.76. The summed E-state index contributed by atoms with van der Waals surface area (Å²) in [5.74, 6) is -1.91. The van der Waals surface area contributed by atoms with Gasteiger partial charge in [-0.05, 0) is 24.3 Å². The van der Waals surface area contributed by atoms with Crippen molar-refractivity contribution in [1.29, 1.82) is 5.26 Å². The molecule has 0 saturated heterocycles. The van der Waals surface area contributed by atoms with Crippen LogP contribution in [0.25, 0.3) is 0 Å². The van der Waals surface area contributed by atoms with Crippen molar-refractivity contribution in [2.24, 2.45) is 0 Å². The summed E-state index contributed by atoms with van der Waals surface area (Å²) in [6.07, 6.45) is 0. The molecular formula is C15H11F2N3O. The van der Waals surface area contributed by atoms with E-state index in [0.717, 1.165) is 12.1 Å². The molecule has 0 radical (unpaired) electrons. The van der Waals surface area contributed by atoms with Gasteiger partial charge >= 0.3 is 0 Å². The predicted octanol–water partition coefficient (Wildman–Crippen LogP) is 2.89. The first-order chi connectivity index (χ1) is 10.1. The topological polar surface area (TPSA) is 64.9 Å². The van der Waals surface area contributed by atoms with Crippen LogP contribution < -0.4 is 10.6 Å². The lowest BCUT2D eigenvalue weighted by Gasteiger charge is -2.09. The van der Waals surface area contributed by atoms with Crippen LogP contribution in [-0.2, 0) is 4.79 Å². The smallest absolute Gasteiger partial charge is 0.243 e. The zero-order chi connectivity index (χ0) is 15.2. The van der Waals surface area contributed by atoms with Crippen LogP contribution in [0.1, 0.15) is 5.56 Å². The molecule has 1 amide bonds. The van der Waals surface area contributed by atoms with Gasteiger partial charge in [0.1, 0.15) is 17.7 Å². The van der Waals surface area contributed by atoms with E-state index < -0.39 is 17.5 Å². The zero-order valence-corrected chi connectivity index (χ0v) is 10.9. The number of amides is 1. The maximum Gasteiger partial charge on any atom is 0.243 e. The van der Waals surface area contributed by atoms with Crippen molar-refractivity contribution in [3.05, 3.63) is 59.7 Å². The summed E-state index contributed by atoms with van der Waals surface area (Å²) in [4.78, 5) is 11.8. The Morgan fingerprint density at radius 1 is 1.14 bits per heavy atom. The van der Waals surface area contributed by atoms with Crippen molar-refractivity contribution < 1.29 is 13.6 Å². The van der Waals surface area contributed by atoms with Gasteiger partial charge in [-0.15, -0.1) is 0 Å². The minimum Gasteiger partial charge on any atom is -0.374 e. The van der Waals surface area contributed by atoms with Crippen LogP contribution in [0.2, 0.25) is 0 Å². The highest BCUT2D eigenvalue weighted by molar-refractivity contribution is 5.94. The molecule has 6 heteroatoms. The van der Waals surface area contributed by atoms with E-state index in [1.807, 2.05) is 6.07 Å². The molecule has 0 unspecified atom stereocenters. The maximum atomic E-state index is 13.4. The zero-order valence-electron chi connectivity index (χ0n) is 10.9. The standard InChI is InChI=1S/C15H11F2N3O/c16-11-5-6-14(12(17)7-11)19-9-15(21)20-13-4-2-1-3-10(13)8-18/h1-7,19H,9H2,(H,20,21). The average Bonchev–Trinajstić information content (AvgIpc) is 2.47. The van der Waals surface area contributed by atoms with Gasteiger partial charge in [-0.25, -0.2) is 8.78 Å². The molecule has 0 saturated carbocycles. The molecule has 4 nitrogen and oxygen atoms in total. The van der Waals surface area contributed by atoms with Gasteiger partial charge in [-0.1, -0.05) is 12.1 Å². The van der Waals surface area contributed by atoms with Gasteiger partial charge in [0.2, 0.25) is 5.91 Å². The summed E-state index contributed by atoms with van der Waals surface area (Å²) in [6, 6.07) is 11.5. The highest BCUT2D eigenvalue weighted by Crippen LogP contribution is 2.15. The number of nitrogens with one attached hydrogen (secondary N) is 2. The van der Waals surface area contributed by atoms with E-state index in [1.165, 1.54) is 6.07 Å². The third-order valence-corrected chi connectivity index (χ3v) is 2.69. The molecule has 0 spiro atoms. The summed E-state index contributed by atoms with van der Waals surface area (Å²) in [5.41, 5.74) is 0.741. The second kappa shape index (κ2) is 6.48. The van der Waals surface area contributed by atoms with E-state index in [9.17, 15) is 13.6 Å². The summed E-state index contributed by atoms with van der Waals surface area (Å²) < 4.78 is 26.1. The van der Waals surface area contributed by atoms with Crippen LogP contribution in [0.5, 0.6) is 0 Å². The molecule has 0 aliphatic heterocycles. The molecule has 2 rings (SSSR count). The largest absolute Gasteiger partial charge is 0.374 e. The van der Waals surface area contributed by atoms with E-state index >= 15 is 0 Å². The molecule has 2 aromatic carbocycles. The van der Waals surface area contributed by atoms with E-state index in [-0.39, 0.29) is 12.2 Å². The molecule has 2 N–H and O–H groups in total. The number of benzene rings is 2. The SMILES string of the molecule is N#Cc1ccccc1NC(=O)CNc1ccc(F)cc1F. The normalized spacial score (nSPS) is 9.76. The number of para-hydroxylation sites is 1. The second-order valence-corrected chi connectivity index (χ2v) is 4.18. The van der Waals surface area contributed by atoms with Crippen LogP contribution in [-0.4, -0.2) is 12.5 Å². The summed E-state index contributed by atoms with van der Waals surface area (Å²) in [5, 5.41) is 14.0. The lowest BCUT2D eigenvalue weighted by molar-refractivity contribution is -0.114. The maximum absolute atomic E-state index is 13.4. The first-order valence-electron chi connectivity index (χ1n) is 6.08. The van der Waals surface area contributed by atoms with Gasteiger partial charge < -0.3 is 10.6 Å². The van der Waals surface area contributed by atoms with Crippen molar-refractivity contribution in [2.45, 2.75) is 0 Å². The highest BCUT2D eigenvalue weighted by atomic mass is 19.1. The fourth-order valence-electron chi connectivity index (χ4n) is 1.69. The van der Waals surface area contributed by atoms with E-state index in [4.69, 9.17) is 5.26 Å². The number of rotatable bonds is 4. The molecule has 0 aliphatic carbocycles. The molecule has 2 aromatic rings. The van der Waals surface area contributed by atoms with Gasteiger partial charge in [-0.3, -0.25) is 4.79 Å². The van der Waals surface area contributed by atoms with E-state index in [2.05, 4.69) is 10.6 Å². The first kappa shape index (κ1) is 14.5. The minimum absolute atomic E-state index is 0.0279. The van der Waals surface area contributed by atoms with Crippen molar-refractivity contribution in [1.82, 2.24) is 0 Å². The van der Waals surface area contributed by atoms with Crippen molar-refractivity contribution in [2.75, 3.05) is 17.2 Å². The number of halogens is 2. The van der Waals surface area contributed by atoms with E-state index in [1.54, 1.807) is 24.3 Å². The Kier molecular flexibility index (Phi) is 4.46. The fraction of sp³-hybridized carbons (Fsp3) is 0.0667. The van der Waals surface area contributed by atoms with Crippen molar-refractivity contribution in [3.8, 4) is 6.07 Å². The Hall–Kier alpha value is -2.94. The molecular weight excluding hydrogens is 276 g/mol. The molecule has 0 atom stereocenters. The molecule has 0 bridgehead atoms. The second-order valence-electron chi connectivity index (χ2n) is 4.18. The summed E-state index contributed by atoms with van der Waals surface area (Å²) in [6.45, 7) is -0.206. The molecule has 0 heterocycles. The number of anilines is 2. The molecule has 0 aliphatic rings. The Morgan fingerprint density at radius 3 is 2.62 bits per heavy atom. The van der Waals surface area contributed by atoms with Gasteiger partial charge in [0.15, 0.2) is 0 Å². The molecule has 106 valence electrons. The Balaban J connectivity index is 1.98. The van der Waals surface area contributed by atoms with Crippen molar-refractivity contribution in [3.63, 3.8) is 0 Å². The quantitative estimate of drug-likeness (QED) is 0.908. The van der Waals surface area contributed by atoms with Gasteiger partial charge in [0, 0.05) is 6.07 Å². The number of hydrogen-bond donors (Lipinski definition) is 2. The minimum atomic E-state index is -0.778. The molecule has 21 heavy (non-hydrogen) atoms. The lowest BCUT2D eigenvalue weighted by Crippen LogP contribution is -2.22. The Bertz CT molecular complexity index is 710. The summed E-state index contributed by atoms with van der Waals surface area (Å²) >= 11 is 0. The predicted molar refractivity (Wildman–Crippen MR) is 74.6 cm³/mol. The van der Waals surface area contributed by atoms with Crippen LogP contribution in [0.3, 0.4) is 0 Å². The number of carbonyl (C=O) groups excluding carboxylic acids is 1. The van der Waals surface area contributed by atoms with Gasteiger partial charge in [0.05, 0.1) is 23.5 Å². The van der Waals surface area contributed by atoms with Crippen LogP contribution in [0.4, 0.5) is 20.2 Å². The molecule has 0 fully saturated rings. The average molecular weight is 287 g/mol. The monoisotopic (exact) mass is 287 g/mol. The van der Waals surface area contributed by atoms with Crippen LogP contribution in [0.15, 0.2) is 42.5 Å². The van der Waals surface area contributed by atoms with Gasteiger partial charge in [-0.2, -0.15) is 5.26 Å². The van der Waals surface area contributed by atoms with Crippen molar-refractivity contribution >= 4 is 17.3 Å². The molecule has 0 aromatic heterocycles. The number of nitrogens with zero attached hydrogens (tertiary/aromatic N) is 1. The Morgan fingerprint density at radius 2 is 1.90 bits per heavy atom. The highest BCUT2D eigenvalue weighted by Gasteiger charge is 2.08. The van der Waals surface area contributed by atoms with Crippen LogP contribution in [0, 0.1) is 23.0 Å². The summed E-state index contributed by atoms with van der Waals surface area (Å²) in [7, 11) is 0.